The standard InChI is InChI=1S/C22H18F3N3O/c1-13-26-10-9-20(27-13)15-3-2-4-17(11-15)28-21(29)19-12-18(19)14-5-7-16(8-6-14)22(23,24)25/h2-11,18-19H,12H2,1H3,(H,28,29). The molecule has 0 radical (unpaired) electrons. The van der Waals surface area contributed by atoms with Crippen LogP contribution in [0.4, 0.5) is 18.9 Å². The average molecular weight is 397 g/mol. The van der Waals surface area contributed by atoms with E-state index in [2.05, 4.69) is 15.3 Å². The van der Waals surface area contributed by atoms with Crippen molar-refractivity contribution in [1.82, 2.24) is 9.97 Å². The Morgan fingerprint density at radius 1 is 1.10 bits per heavy atom. The highest BCUT2D eigenvalue weighted by molar-refractivity contribution is 5.95. The quantitative estimate of drug-likeness (QED) is 0.657. The maximum atomic E-state index is 12.7. The van der Waals surface area contributed by atoms with Crippen LogP contribution in [-0.4, -0.2) is 15.9 Å². The minimum Gasteiger partial charge on any atom is -0.326 e. The van der Waals surface area contributed by atoms with Gasteiger partial charge in [-0.1, -0.05) is 24.3 Å². The maximum absolute atomic E-state index is 12.7. The first-order chi connectivity index (χ1) is 13.8. The zero-order valence-corrected chi connectivity index (χ0v) is 15.6. The molecule has 2 atom stereocenters. The monoisotopic (exact) mass is 397 g/mol. The molecule has 29 heavy (non-hydrogen) atoms. The Morgan fingerprint density at radius 3 is 2.55 bits per heavy atom. The minimum atomic E-state index is -4.36. The molecule has 1 N–H and O–H groups in total. The smallest absolute Gasteiger partial charge is 0.326 e. The molecule has 1 amide bonds. The molecule has 0 bridgehead atoms. The van der Waals surface area contributed by atoms with Crippen LogP contribution in [0.15, 0.2) is 60.8 Å². The summed E-state index contributed by atoms with van der Waals surface area (Å²) in [7, 11) is 0. The van der Waals surface area contributed by atoms with Crippen LogP contribution < -0.4 is 5.32 Å². The lowest BCUT2D eigenvalue weighted by Gasteiger charge is -2.09. The number of halogens is 3. The molecule has 2 unspecified atom stereocenters. The van der Waals surface area contributed by atoms with Crippen molar-refractivity contribution in [1.29, 1.82) is 0 Å². The summed E-state index contributed by atoms with van der Waals surface area (Å²) in [6.45, 7) is 1.81. The van der Waals surface area contributed by atoms with Gasteiger partial charge >= 0.3 is 6.18 Å². The minimum absolute atomic E-state index is 0.0509. The third-order valence-corrected chi connectivity index (χ3v) is 5.00. The van der Waals surface area contributed by atoms with Crippen LogP contribution in [0, 0.1) is 12.8 Å². The lowest BCUT2D eigenvalue weighted by Crippen LogP contribution is -2.14. The average Bonchev–Trinajstić information content (AvgIpc) is 3.49. The van der Waals surface area contributed by atoms with E-state index in [-0.39, 0.29) is 17.7 Å². The first kappa shape index (κ1) is 19.1. The fourth-order valence-corrected chi connectivity index (χ4v) is 3.38. The normalized spacial score (nSPS) is 18.3. The Labute approximate surface area is 165 Å². The lowest BCUT2D eigenvalue weighted by atomic mass is 10.1. The third-order valence-electron chi connectivity index (χ3n) is 5.00. The molecule has 148 valence electrons. The highest BCUT2D eigenvalue weighted by Crippen LogP contribution is 2.48. The van der Waals surface area contributed by atoms with Gasteiger partial charge in [-0.3, -0.25) is 4.79 Å². The molecule has 1 aliphatic carbocycles. The van der Waals surface area contributed by atoms with E-state index in [0.717, 1.165) is 29.0 Å². The second-order valence-corrected chi connectivity index (χ2v) is 7.13. The third kappa shape index (κ3) is 4.29. The molecule has 1 saturated carbocycles. The van der Waals surface area contributed by atoms with E-state index in [1.165, 1.54) is 12.1 Å². The molecule has 2 aromatic carbocycles. The van der Waals surface area contributed by atoms with Crippen molar-refractivity contribution in [2.45, 2.75) is 25.4 Å². The van der Waals surface area contributed by atoms with Crippen molar-refractivity contribution in [3.63, 3.8) is 0 Å². The molecule has 4 rings (SSSR count). The van der Waals surface area contributed by atoms with Gasteiger partial charge in [0, 0.05) is 23.4 Å². The topological polar surface area (TPSA) is 54.9 Å². The second-order valence-electron chi connectivity index (χ2n) is 7.13. The first-order valence-corrected chi connectivity index (χ1v) is 9.19. The predicted molar refractivity (Wildman–Crippen MR) is 103 cm³/mol. The largest absolute Gasteiger partial charge is 0.416 e. The van der Waals surface area contributed by atoms with Crippen LogP contribution in [0.5, 0.6) is 0 Å². The van der Waals surface area contributed by atoms with Crippen LogP contribution in [0.1, 0.15) is 29.3 Å². The maximum Gasteiger partial charge on any atom is 0.416 e. The van der Waals surface area contributed by atoms with Gasteiger partial charge in [0.05, 0.1) is 11.3 Å². The highest BCUT2D eigenvalue weighted by atomic mass is 19.4. The first-order valence-electron chi connectivity index (χ1n) is 9.19. The zero-order chi connectivity index (χ0) is 20.6. The van der Waals surface area contributed by atoms with E-state index in [1.54, 1.807) is 18.3 Å². The Morgan fingerprint density at radius 2 is 1.86 bits per heavy atom. The number of carbonyl (C=O) groups excluding carboxylic acids is 1. The number of benzene rings is 2. The fourth-order valence-electron chi connectivity index (χ4n) is 3.38. The van der Waals surface area contributed by atoms with Gasteiger partial charge < -0.3 is 5.32 Å². The summed E-state index contributed by atoms with van der Waals surface area (Å²) in [5, 5.41) is 2.90. The van der Waals surface area contributed by atoms with E-state index in [1.807, 2.05) is 25.1 Å². The van der Waals surface area contributed by atoms with Gasteiger partial charge in [0.1, 0.15) is 5.82 Å². The summed E-state index contributed by atoms with van der Waals surface area (Å²) in [5.41, 5.74) is 2.36. The van der Waals surface area contributed by atoms with Gasteiger partial charge in [-0.15, -0.1) is 0 Å². The summed E-state index contributed by atoms with van der Waals surface area (Å²) >= 11 is 0. The van der Waals surface area contributed by atoms with Gasteiger partial charge in [0.25, 0.3) is 0 Å². The summed E-state index contributed by atoms with van der Waals surface area (Å²) in [5.74, 6) is 0.238. The van der Waals surface area contributed by atoms with Gasteiger partial charge in [-0.25, -0.2) is 9.97 Å². The fraction of sp³-hybridized carbons (Fsp3) is 0.227. The molecule has 1 heterocycles. The number of rotatable bonds is 4. The number of nitrogens with one attached hydrogen (secondary N) is 1. The van der Waals surface area contributed by atoms with E-state index >= 15 is 0 Å². The number of aromatic nitrogens is 2. The number of hydrogen-bond donors (Lipinski definition) is 1. The van der Waals surface area contributed by atoms with E-state index in [0.29, 0.717) is 17.9 Å². The molecule has 0 spiro atoms. The van der Waals surface area contributed by atoms with E-state index in [9.17, 15) is 18.0 Å². The van der Waals surface area contributed by atoms with Gasteiger partial charge in [0.15, 0.2) is 0 Å². The van der Waals surface area contributed by atoms with Crippen LogP contribution in [-0.2, 0) is 11.0 Å². The molecular weight excluding hydrogens is 379 g/mol. The predicted octanol–water partition coefficient (Wildman–Crippen LogP) is 5.21. The molecule has 1 fully saturated rings. The van der Waals surface area contributed by atoms with Gasteiger partial charge in [-0.05, 0) is 55.2 Å². The molecule has 0 aliphatic heterocycles. The molecule has 1 aromatic heterocycles. The summed E-state index contributed by atoms with van der Waals surface area (Å²) in [6, 6.07) is 14.2. The molecule has 0 saturated heterocycles. The highest BCUT2D eigenvalue weighted by Gasteiger charge is 2.44. The Balaban J connectivity index is 1.43. The van der Waals surface area contributed by atoms with E-state index in [4.69, 9.17) is 0 Å². The summed E-state index contributed by atoms with van der Waals surface area (Å²) in [6.07, 6.45) is -2.05. The van der Waals surface area contributed by atoms with Crippen molar-refractivity contribution in [3.8, 4) is 11.3 Å². The number of aryl methyl sites for hydroxylation is 1. The number of nitrogens with zero attached hydrogens (tertiary/aromatic N) is 2. The van der Waals surface area contributed by atoms with Gasteiger partial charge in [0.2, 0.25) is 5.91 Å². The number of alkyl halides is 3. The van der Waals surface area contributed by atoms with Crippen molar-refractivity contribution >= 4 is 11.6 Å². The van der Waals surface area contributed by atoms with Crippen molar-refractivity contribution in [2.24, 2.45) is 5.92 Å². The zero-order valence-electron chi connectivity index (χ0n) is 15.6. The van der Waals surface area contributed by atoms with Crippen LogP contribution in [0.25, 0.3) is 11.3 Å². The number of amides is 1. The van der Waals surface area contributed by atoms with Crippen LogP contribution in [0.3, 0.4) is 0 Å². The summed E-state index contributed by atoms with van der Waals surface area (Å²) < 4.78 is 38.1. The van der Waals surface area contributed by atoms with Crippen LogP contribution >= 0.6 is 0 Å². The molecule has 7 heteroatoms. The Bertz CT molecular complexity index is 1050. The van der Waals surface area contributed by atoms with Crippen molar-refractivity contribution < 1.29 is 18.0 Å². The number of carbonyl (C=O) groups is 1. The van der Waals surface area contributed by atoms with Gasteiger partial charge in [-0.2, -0.15) is 13.2 Å². The molecule has 4 nitrogen and oxygen atoms in total. The Kier molecular flexibility index (Phi) is 4.82. The summed E-state index contributed by atoms with van der Waals surface area (Å²) in [4.78, 5) is 21.0. The van der Waals surface area contributed by atoms with E-state index < -0.39 is 11.7 Å². The SMILES string of the molecule is Cc1nccc(-c2cccc(NC(=O)C3CC3c3ccc(C(F)(F)F)cc3)c2)n1. The lowest BCUT2D eigenvalue weighted by molar-refractivity contribution is -0.137. The van der Waals surface area contributed by atoms with Crippen molar-refractivity contribution in [2.75, 3.05) is 5.32 Å². The molecular formula is C22H18F3N3O. The molecule has 1 aliphatic rings. The Hall–Kier alpha value is -3.22. The van der Waals surface area contributed by atoms with Crippen LogP contribution in [0.2, 0.25) is 0 Å². The molecule has 3 aromatic rings. The number of hydrogen-bond acceptors (Lipinski definition) is 3. The second kappa shape index (κ2) is 7.31. The van der Waals surface area contributed by atoms with Crippen molar-refractivity contribution in [3.05, 3.63) is 77.7 Å². The number of anilines is 1.